The van der Waals surface area contributed by atoms with Gasteiger partial charge in [0.15, 0.2) is 6.29 Å². The minimum atomic E-state index is -0.519. The molecule has 1 fully saturated rings. The molecular weight excluding hydrogens is 174 g/mol. The molecule has 1 amide bonds. The summed E-state index contributed by atoms with van der Waals surface area (Å²) in [6.07, 6.45) is 0.133. The highest BCUT2D eigenvalue weighted by molar-refractivity contribution is 5.70. The van der Waals surface area contributed by atoms with E-state index in [1.807, 2.05) is 0 Å². The molecule has 0 saturated carbocycles. The fourth-order valence-corrected chi connectivity index (χ4v) is 1.26. The van der Waals surface area contributed by atoms with Crippen molar-refractivity contribution in [2.75, 3.05) is 14.2 Å². The van der Waals surface area contributed by atoms with E-state index in [-0.39, 0.29) is 6.04 Å². The summed E-state index contributed by atoms with van der Waals surface area (Å²) in [6.45, 7) is 3.55. The highest BCUT2D eigenvalue weighted by Gasteiger charge is 2.38. The first-order chi connectivity index (χ1) is 6.22. The molecule has 5 nitrogen and oxygen atoms in total. The first-order valence-electron chi connectivity index (χ1n) is 3.88. The Kier molecular flexibility index (Phi) is 3.27. The molecule has 1 aliphatic rings. The number of ether oxygens (including phenoxy) is 3. The third-order valence-corrected chi connectivity index (χ3v) is 1.87. The molecule has 74 valence electrons. The summed E-state index contributed by atoms with van der Waals surface area (Å²) in [5, 5.41) is 2.57. The van der Waals surface area contributed by atoms with Crippen molar-refractivity contribution >= 4 is 6.09 Å². The topological polar surface area (TPSA) is 56.8 Å². The first kappa shape index (κ1) is 10.0. The van der Waals surface area contributed by atoms with E-state index in [1.165, 1.54) is 20.3 Å². The highest BCUT2D eigenvalue weighted by atomic mass is 16.7. The lowest BCUT2D eigenvalue weighted by molar-refractivity contribution is -0.125. The van der Waals surface area contributed by atoms with Crippen LogP contribution >= 0.6 is 0 Å². The third-order valence-electron chi connectivity index (χ3n) is 1.87. The van der Waals surface area contributed by atoms with Gasteiger partial charge in [-0.05, 0) is 6.08 Å². The second-order valence-corrected chi connectivity index (χ2v) is 2.62. The first-order valence-corrected chi connectivity index (χ1v) is 3.88. The van der Waals surface area contributed by atoms with E-state index in [4.69, 9.17) is 14.2 Å². The molecule has 0 spiro atoms. The van der Waals surface area contributed by atoms with Crippen LogP contribution in [0.25, 0.3) is 0 Å². The summed E-state index contributed by atoms with van der Waals surface area (Å²) in [5.41, 5.74) is 0. The average molecular weight is 187 g/mol. The number of carbonyl (C=O) groups is 1. The van der Waals surface area contributed by atoms with Crippen LogP contribution in [0.1, 0.15) is 0 Å². The quantitative estimate of drug-likeness (QED) is 0.507. The molecule has 0 aromatic carbocycles. The van der Waals surface area contributed by atoms with Gasteiger partial charge >= 0.3 is 6.09 Å². The smallest absolute Gasteiger partial charge is 0.408 e. The van der Waals surface area contributed by atoms with Gasteiger partial charge in [-0.15, -0.1) is 0 Å². The van der Waals surface area contributed by atoms with Gasteiger partial charge in [-0.1, -0.05) is 6.58 Å². The summed E-state index contributed by atoms with van der Waals surface area (Å²) in [5.74, 6) is 0. The fourth-order valence-electron chi connectivity index (χ4n) is 1.26. The summed E-state index contributed by atoms with van der Waals surface area (Å²) < 4.78 is 14.9. The SMILES string of the molecule is C=C[C@@H]1OC(=O)N[C@H]1C(OC)OC. The number of hydrogen-bond donors (Lipinski definition) is 1. The lowest BCUT2D eigenvalue weighted by atomic mass is 10.1. The molecule has 0 bridgehead atoms. The van der Waals surface area contributed by atoms with Crippen LogP contribution in [0.15, 0.2) is 12.7 Å². The number of alkyl carbamates (subject to hydrolysis) is 1. The molecule has 0 unspecified atom stereocenters. The van der Waals surface area contributed by atoms with Gasteiger partial charge in [-0.25, -0.2) is 4.79 Å². The molecule has 2 atom stereocenters. The summed E-state index contributed by atoms with van der Waals surface area (Å²) >= 11 is 0. The molecule has 1 aliphatic heterocycles. The zero-order valence-corrected chi connectivity index (χ0v) is 7.65. The van der Waals surface area contributed by atoms with Crippen molar-refractivity contribution in [2.24, 2.45) is 0 Å². The molecule has 0 aliphatic carbocycles. The Labute approximate surface area is 76.7 Å². The van der Waals surface area contributed by atoms with Crippen LogP contribution in [0.2, 0.25) is 0 Å². The number of carbonyl (C=O) groups excluding carboxylic acids is 1. The minimum Gasteiger partial charge on any atom is -0.440 e. The minimum absolute atomic E-state index is 0.333. The molecule has 0 aromatic heterocycles. The molecule has 5 heteroatoms. The molecule has 0 aromatic rings. The van der Waals surface area contributed by atoms with Crippen LogP contribution in [0, 0.1) is 0 Å². The Morgan fingerprint density at radius 1 is 1.62 bits per heavy atom. The molecule has 1 rings (SSSR count). The van der Waals surface area contributed by atoms with Crippen molar-refractivity contribution in [1.82, 2.24) is 5.32 Å². The monoisotopic (exact) mass is 187 g/mol. The zero-order valence-electron chi connectivity index (χ0n) is 7.65. The molecule has 0 radical (unpaired) electrons. The number of nitrogens with one attached hydrogen (secondary N) is 1. The van der Waals surface area contributed by atoms with Crippen LogP contribution in [0.5, 0.6) is 0 Å². The lowest BCUT2D eigenvalue weighted by Gasteiger charge is -2.21. The normalized spacial score (nSPS) is 27.2. The van der Waals surface area contributed by atoms with Crippen LogP contribution < -0.4 is 5.32 Å². The average Bonchev–Trinajstić information content (AvgIpc) is 2.49. The van der Waals surface area contributed by atoms with E-state index < -0.39 is 18.5 Å². The number of methoxy groups -OCH3 is 2. The largest absolute Gasteiger partial charge is 0.440 e. The van der Waals surface area contributed by atoms with Crippen molar-refractivity contribution in [3.8, 4) is 0 Å². The Bertz CT molecular complexity index is 202. The Morgan fingerprint density at radius 2 is 2.23 bits per heavy atom. The van der Waals surface area contributed by atoms with Crippen LogP contribution in [-0.4, -0.2) is 38.7 Å². The second kappa shape index (κ2) is 4.25. The van der Waals surface area contributed by atoms with E-state index in [0.717, 1.165) is 0 Å². The zero-order chi connectivity index (χ0) is 9.84. The number of cyclic esters (lactones) is 1. The van der Waals surface area contributed by atoms with Crippen molar-refractivity contribution in [2.45, 2.75) is 18.4 Å². The van der Waals surface area contributed by atoms with Gasteiger partial charge in [0.25, 0.3) is 0 Å². The van der Waals surface area contributed by atoms with E-state index in [9.17, 15) is 4.79 Å². The van der Waals surface area contributed by atoms with E-state index in [0.29, 0.717) is 0 Å². The Morgan fingerprint density at radius 3 is 2.69 bits per heavy atom. The summed E-state index contributed by atoms with van der Waals surface area (Å²) in [6, 6.07) is -0.333. The van der Waals surface area contributed by atoms with Crippen molar-refractivity contribution in [1.29, 1.82) is 0 Å². The summed E-state index contributed by atoms with van der Waals surface area (Å²) in [4.78, 5) is 10.9. The van der Waals surface area contributed by atoms with Crippen LogP contribution in [-0.2, 0) is 14.2 Å². The van der Waals surface area contributed by atoms with Gasteiger partial charge in [0.1, 0.15) is 12.1 Å². The molecule has 13 heavy (non-hydrogen) atoms. The maximum Gasteiger partial charge on any atom is 0.408 e. The molecule has 1 saturated heterocycles. The Balaban J connectivity index is 2.66. The maximum absolute atomic E-state index is 10.9. The van der Waals surface area contributed by atoms with E-state index in [1.54, 1.807) is 0 Å². The Hall–Kier alpha value is -1.07. The molecule has 1 N–H and O–H groups in total. The predicted octanol–water partition coefficient (Wildman–Crippen LogP) is 0.268. The van der Waals surface area contributed by atoms with Crippen molar-refractivity contribution in [3.05, 3.63) is 12.7 Å². The lowest BCUT2D eigenvalue weighted by Crippen LogP contribution is -2.43. The fraction of sp³-hybridized carbons (Fsp3) is 0.625. The van der Waals surface area contributed by atoms with Crippen molar-refractivity contribution in [3.63, 3.8) is 0 Å². The van der Waals surface area contributed by atoms with Crippen LogP contribution in [0.3, 0.4) is 0 Å². The summed E-state index contributed by atoms with van der Waals surface area (Å²) in [7, 11) is 3.00. The van der Waals surface area contributed by atoms with Gasteiger partial charge in [-0.2, -0.15) is 0 Å². The maximum atomic E-state index is 10.9. The predicted molar refractivity (Wildman–Crippen MR) is 45.2 cm³/mol. The standard InChI is InChI=1S/C8H13NO4/c1-4-5-6(7(11-2)12-3)9-8(10)13-5/h4-7H,1H2,2-3H3,(H,9,10)/t5-,6+/m0/s1. The van der Waals surface area contributed by atoms with E-state index in [2.05, 4.69) is 11.9 Å². The number of hydrogen-bond acceptors (Lipinski definition) is 4. The van der Waals surface area contributed by atoms with Gasteiger partial charge in [-0.3, -0.25) is 0 Å². The number of rotatable bonds is 4. The molecule has 1 heterocycles. The molecular formula is C8H13NO4. The van der Waals surface area contributed by atoms with Gasteiger partial charge in [0.05, 0.1) is 0 Å². The third kappa shape index (κ3) is 1.99. The van der Waals surface area contributed by atoms with Gasteiger partial charge in [0.2, 0.25) is 0 Å². The van der Waals surface area contributed by atoms with Crippen LogP contribution in [0.4, 0.5) is 4.79 Å². The second-order valence-electron chi connectivity index (χ2n) is 2.62. The highest BCUT2D eigenvalue weighted by Crippen LogP contribution is 2.15. The van der Waals surface area contributed by atoms with Crippen molar-refractivity contribution < 1.29 is 19.0 Å². The number of amides is 1. The van der Waals surface area contributed by atoms with Gasteiger partial charge in [0, 0.05) is 14.2 Å². The van der Waals surface area contributed by atoms with E-state index >= 15 is 0 Å². The van der Waals surface area contributed by atoms with Gasteiger partial charge < -0.3 is 19.5 Å².